The van der Waals surface area contributed by atoms with Gasteiger partial charge in [0.2, 0.25) is 5.95 Å². The molecule has 0 radical (unpaired) electrons. The van der Waals surface area contributed by atoms with Crippen LogP contribution in [0.15, 0.2) is 36.7 Å². The van der Waals surface area contributed by atoms with E-state index >= 15 is 0 Å². The molecule has 1 aliphatic rings. The van der Waals surface area contributed by atoms with Gasteiger partial charge in [-0.1, -0.05) is 6.07 Å². The van der Waals surface area contributed by atoms with E-state index in [1.165, 1.54) is 15.3 Å². The Bertz CT molecular complexity index is 801. The molecule has 3 heterocycles. The number of anilines is 1. The molecule has 1 fully saturated rings. The summed E-state index contributed by atoms with van der Waals surface area (Å²) in [5, 5.41) is 4.61. The van der Waals surface area contributed by atoms with Crippen LogP contribution in [0.5, 0.6) is 0 Å². The Labute approximate surface area is 139 Å². The highest BCUT2D eigenvalue weighted by molar-refractivity contribution is 7.18. The van der Waals surface area contributed by atoms with Gasteiger partial charge < -0.3 is 5.32 Å². The lowest BCUT2D eigenvalue weighted by Crippen LogP contribution is -2.26. The Morgan fingerprint density at radius 1 is 1.30 bits per heavy atom. The molecular weight excluding hydrogens is 306 g/mol. The SMILES string of the molecule is Cc1ccc2sc(CN3CCC(Nc4ncccn4)C3)nc2c1. The topological polar surface area (TPSA) is 53.9 Å². The van der Waals surface area contributed by atoms with E-state index in [0.717, 1.165) is 37.5 Å². The molecule has 3 aromatic rings. The van der Waals surface area contributed by atoms with Crippen molar-refractivity contribution in [2.24, 2.45) is 0 Å². The summed E-state index contributed by atoms with van der Waals surface area (Å²) in [4.78, 5) is 15.7. The van der Waals surface area contributed by atoms with Crippen LogP contribution in [0.1, 0.15) is 17.0 Å². The largest absolute Gasteiger partial charge is 0.350 e. The maximum Gasteiger partial charge on any atom is 0.222 e. The highest BCUT2D eigenvalue weighted by Gasteiger charge is 2.23. The van der Waals surface area contributed by atoms with Crippen LogP contribution in [0.25, 0.3) is 10.2 Å². The molecule has 1 aromatic carbocycles. The zero-order valence-electron chi connectivity index (χ0n) is 13.1. The number of hydrogen-bond donors (Lipinski definition) is 1. The number of rotatable bonds is 4. The molecule has 4 rings (SSSR count). The Morgan fingerprint density at radius 3 is 3.04 bits per heavy atom. The molecule has 0 spiro atoms. The van der Waals surface area contributed by atoms with Crippen LogP contribution in [0.2, 0.25) is 0 Å². The first-order valence-electron chi connectivity index (χ1n) is 7.88. The molecule has 5 nitrogen and oxygen atoms in total. The van der Waals surface area contributed by atoms with E-state index in [9.17, 15) is 0 Å². The highest BCUT2D eigenvalue weighted by atomic mass is 32.1. The van der Waals surface area contributed by atoms with Crippen LogP contribution in [0.3, 0.4) is 0 Å². The Kier molecular flexibility index (Phi) is 3.93. The standard InChI is InChI=1S/C17H19N5S/c1-12-3-4-15-14(9-12)21-16(23-15)11-22-8-5-13(10-22)20-17-18-6-2-7-19-17/h2-4,6-7,9,13H,5,8,10-11H2,1H3,(H,18,19,20). The van der Waals surface area contributed by atoms with Crippen LogP contribution < -0.4 is 5.32 Å². The van der Waals surface area contributed by atoms with Gasteiger partial charge in [-0.15, -0.1) is 11.3 Å². The van der Waals surface area contributed by atoms with E-state index in [1.807, 2.05) is 6.07 Å². The zero-order chi connectivity index (χ0) is 15.6. The second-order valence-electron chi connectivity index (χ2n) is 6.02. The van der Waals surface area contributed by atoms with Gasteiger partial charge in [0, 0.05) is 31.5 Å². The van der Waals surface area contributed by atoms with Gasteiger partial charge in [0.1, 0.15) is 5.01 Å². The third-order valence-electron chi connectivity index (χ3n) is 4.12. The number of hydrogen-bond acceptors (Lipinski definition) is 6. The van der Waals surface area contributed by atoms with E-state index in [-0.39, 0.29) is 0 Å². The molecule has 0 amide bonds. The number of nitrogens with zero attached hydrogens (tertiary/aromatic N) is 4. The molecule has 118 valence electrons. The van der Waals surface area contributed by atoms with Crippen molar-refractivity contribution in [3.05, 3.63) is 47.2 Å². The molecular formula is C17H19N5S. The number of benzene rings is 1. The molecule has 1 unspecified atom stereocenters. The second kappa shape index (κ2) is 6.22. The van der Waals surface area contributed by atoms with Crippen LogP contribution in [0, 0.1) is 6.92 Å². The average molecular weight is 325 g/mol. The summed E-state index contributed by atoms with van der Waals surface area (Å²) in [7, 11) is 0. The maximum atomic E-state index is 4.78. The Balaban J connectivity index is 1.39. The van der Waals surface area contributed by atoms with Crippen molar-refractivity contribution in [2.75, 3.05) is 18.4 Å². The molecule has 1 saturated heterocycles. The number of nitrogens with one attached hydrogen (secondary N) is 1. The molecule has 1 atom stereocenters. The third-order valence-corrected chi connectivity index (χ3v) is 5.14. The highest BCUT2D eigenvalue weighted by Crippen LogP contribution is 2.25. The molecule has 1 N–H and O–H groups in total. The fourth-order valence-corrected chi connectivity index (χ4v) is 3.98. The van der Waals surface area contributed by atoms with Gasteiger partial charge >= 0.3 is 0 Å². The first-order valence-corrected chi connectivity index (χ1v) is 8.70. The summed E-state index contributed by atoms with van der Waals surface area (Å²) in [6, 6.07) is 8.73. The quantitative estimate of drug-likeness (QED) is 0.799. The number of likely N-dealkylation sites (tertiary alicyclic amines) is 1. The number of thiazole rings is 1. The fourth-order valence-electron chi connectivity index (χ4n) is 2.99. The number of aromatic nitrogens is 3. The van der Waals surface area contributed by atoms with Gasteiger partial charge in [0.15, 0.2) is 0 Å². The van der Waals surface area contributed by atoms with Gasteiger partial charge in [-0.25, -0.2) is 15.0 Å². The molecule has 0 bridgehead atoms. The smallest absolute Gasteiger partial charge is 0.222 e. The third kappa shape index (κ3) is 3.33. The first-order chi connectivity index (χ1) is 11.3. The Hall–Kier alpha value is -2.05. The van der Waals surface area contributed by atoms with Crippen molar-refractivity contribution >= 4 is 27.5 Å². The van der Waals surface area contributed by atoms with Crippen molar-refractivity contribution < 1.29 is 0 Å². The van der Waals surface area contributed by atoms with Crippen molar-refractivity contribution in [1.82, 2.24) is 19.9 Å². The number of aryl methyl sites for hydroxylation is 1. The summed E-state index contributed by atoms with van der Waals surface area (Å²) in [5.41, 5.74) is 2.39. The van der Waals surface area contributed by atoms with Crippen molar-refractivity contribution in [2.45, 2.75) is 25.9 Å². The van der Waals surface area contributed by atoms with Crippen molar-refractivity contribution in [3.8, 4) is 0 Å². The minimum absolute atomic E-state index is 0.411. The lowest BCUT2D eigenvalue weighted by atomic mass is 10.2. The maximum absolute atomic E-state index is 4.78. The summed E-state index contributed by atoms with van der Waals surface area (Å²) in [6.45, 7) is 5.12. The van der Waals surface area contributed by atoms with E-state index in [2.05, 4.69) is 45.3 Å². The van der Waals surface area contributed by atoms with Gasteiger partial charge in [0.05, 0.1) is 16.8 Å². The molecule has 6 heteroatoms. The van der Waals surface area contributed by atoms with E-state index in [0.29, 0.717) is 6.04 Å². The summed E-state index contributed by atoms with van der Waals surface area (Å²) >= 11 is 1.80. The van der Waals surface area contributed by atoms with Gasteiger partial charge in [-0.3, -0.25) is 4.90 Å². The van der Waals surface area contributed by atoms with Gasteiger partial charge in [-0.05, 0) is 37.1 Å². The average Bonchev–Trinajstić information content (AvgIpc) is 3.14. The molecule has 2 aromatic heterocycles. The molecule has 23 heavy (non-hydrogen) atoms. The zero-order valence-corrected chi connectivity index (χ0v) is 13.9. The predicted octanol–water partition coefficient (Wildman–Crippen LogP) is 3.08. The van der Waals surface area contributed by atoms with Crippen LogP contribution in [-0.4, -0.2) is 39.0 Å². The second-order valence-corrected chi connectivity index (χ2v) is 7.13. The van der Waals surface area contributed by atoms with Crippen molar-refractivity contribution in [3.63, 3.8) is 0 Å². The predicted molar refractivity (Wildman–Crippen MR) is 93.7 cm³/mol. The minimum Gasteiger partial charge on any atom is -0.350 e. The summed E-state index contributed by atoms with van der Waals surface area (Å²) < 4.78 is 1.28. The number of fused-ring (bicyclic) bond motifs is 1. The minimum atomic E-state index is 0.411. The van der Waals surface area contributed by atoms with Gasteiger partial charge in [-0.2, -0.15) is 0 Å². The summed E-state index contributed by atoms with van der Waals surface area (Å²) in [5.74, 6) is 0.717. The first kappa shape index (κ1) is 14.5. The Morgan fingerprint density at radius 2 is 2.17 bits per heavy atom. The van der Waals surface area contributed by atoms with Gasteiger partial charge in [0.25, 0.3) is 0 Å². The normalized spacial score (nSPS) is 18.6. The summed E-state index contributed by atoms with van der Waals surface area (Å²) in [6.07, 6.45) is 4.65. The van der Waals surface area contributed by atoms with Crippen molar-refractivity contribution in [1.29, 1.82) is 0 Å². The van der Waals surface area contributed by atoms with E-state index < -0.39 is 0 Å². The van der Waals surface area contributed by atoms with Crippen LogP contribution in [0.4, 0.5) is 5.95 Å². The lowest BCUT2D eigenvalue weighted by molar-refractivity contribution is 0.328. The van der Waals surface area contributed by atoms with Crippen LogP contribution >= 0.6 is 11.3 Å². The fraction of sp³-hybridized carbons (Fsp3) is 0.353. The molecule has 0 saturated carbocycles. The monoisotopic (exact) mass is 325 g/mol. The van der Waals surface area contributed by atoms with Crippen LogP contribution in [-0.2, 0) is 6.54 Å². The van der Waals surface area contributed by atoms with E-state index in [1.54, 1.807) is 23.7 Å². The lowest BCUT2D eigenvalue weighted by Gasteiger charge is -2.15. The molecule has 1 aliphatic heterocycles. The molecule has 0 aliphatic carbocycles. The van der Waals surface area contributed by atoms with E-state index in [4.69, 9.17) is 4.98 Å².